The first-order chi connectivity index (χ1) is 8.16. The minimum Gasteiger partial charge on any atom is -0.481 e. The lowest BCUT2D eigenvalue weighted by Crippen LogP contribution is -2.33. The van der Waals surface area contributed by atoms with E-state index in [1.54, 1.807) is 0 Å². The molecule has 0 saturated carbocycles. The minimum atomic E-state index is -0.725. The Hall–Kier alpha value is -1.55. The first-order valence-electron chi connectivity index (χ1n) is 5.92. The van der Waals surface area contributed by atoms with Crippen LogP contribution in [0.5, 0.6) is 0 Å². The van der Waals surface area contributed by atoms with Crippen LogP contribution in [0, 0.1) is 12.8 Å². The van der Waals surface area contributed by atoms with Crippen molar-refractivity contribution in [3.05, 3.63) is 29.8 Å². The van der Waals surface area contributed by atoms with Crippen molar-refractivity contribution in [2.24, 2.45) is 5.92 Å². The van der Waals surface area contributed by atoms with Gasteiger partial charge in [-0.25, -0.2) is 0 Å². The number of hydrogen-bond acceptors (Lipinski definition) is 3. The average Bonchev–Trinajstić information content (AvgIpc) is 2.55. The Labute approximate surface area is 101 Å². The Morgan fingerprint density at radius 2 is 2.12 bits per heavy atom. The van der Waals surface area contributed by atoms with E-state index >= 15 is 0 Å². The van der Waals surface area contributed by atoms with Gasteiger partial charge in [-0.1, -0.05) is 17.7 Å². The smallest absolute Gasteiger partial charge is 0.309 e. The van der Waals surface area contributed by atoms with Crippen LogP contribution in [0.3, 0.4) is 0 Å². The molecule has 0 radical (unpaired) electrons. The van der Waals surface area contributed by atoms with Crippen LogP contribution < -0.4 is 10.2 Å². The average molecular weight is 234 g/mol. The van der Waals surface area contributed by atoms with Gasteiger partial charge in [0, 0.05) is 31.9 Å². The van der Waals surface area contributed by atoms with E-state index in [0.29, 0.717) is 13.1 Å². The summed E-state index contributed by atoms with van der Waals surface area (Å²) < 4.78 is 0. The molecule has 2 N–H and O–H groups in total. The molecule has 1 unspecified atom stereocenters. The largest absolute Gasteiger partial charge is 0.481 e. The molecule has 1 atom stereocenters. The summed E-state index contributed by atoms with van der Waals surface area (Å²) in [5, 5.41) is 12.3. The first-order valence-corrected chi connectivity index (χ1v) is 5.92. The molecule has 1 aromatic rings. The van der Waals surface area contributed by atoms with E-state index in [9.17, 15) is 4.79 Å². The molecule has 0 bridgehead atoms. The van der Waals surface area contributed by atoms with Crippen molar-refractivity contribution in [3.63, 3.8) is 0 Å². The van der Waals surface area contributed by atoms with Crippen LogP contribution in [-0.2, 0) is 4.79 Å². The fraction of sp³-hybridized carbons (Fsp3) is 0.462. The number of hydrogen-bond donors (Lipinski definition) is 2. The van der Waals surface area contributed by atoms with Gasteiger partial charge in [0.05, 0.1) is 5.92 Å². The van der Waals surface area contributed by atoms with Gasteiger partial charge >= 0.3 is 5.97 Å². The van der Waals surface area contributed by atoms with Crippen molar-refractivity contribution < 1.29 is 9.90 Å². The Bertz CT molecular complexity index is 389. The van der Waals surface area contributed by atoms with Crippen LogP contribution in [0.15, 0.2) is 24.3 Å². The molecule has 1 saturated heterocycles. The van der Waals surface area contributed by atoms with E-state index in [1.807, 2.05) is 6.92 Å². The van der Waals surface area contributed by atoms with E-state index in [1.165, 1.54) is 5.56 Å². The van der Waals surface area contributed by atoms with Gasteiger partial charge in [0.1, 0.15) is 0 Å². The summed E-state index contributed by atoms with van der Waals surface area (Å²) in [5.41, 5.74) is 2.32. The molecule has 4 nitrogen and oxygen atoms in total. The lowest BCUT2D eigenvalue weighted by molar-refractivity contribution is -0.141. The summed E-state index contributed by atoms with van der Waals surface area (Å²) >= 11 is 0. The maximum Gasteiger partial charge on any atom is 0.309 e. The van der Waals surface area contributed by atoms with E-state index in [2.05, 4.69) is 34.5 Å². The normalized spacial score (nSPS) is 21.0. The quantitative estimate of drug-likeness (QED) is 0.804. The fourth-order valence-electron chi connectivity index (χ4n) is 2.07. The highest BCUT2D eigenvalue weighted by atomic mass is 16.4. The molecular weight excluding hydrogens is 216 g/mol. The summed E-state index contributed by atoms with van der Waals surface area (Å²) in [7, 11) is 0. The number of rotatable bonds is 2. The number of anilines is 1. The van der Waals surface area contributed by atoms with Crippen LogP contribution >= 0.6 is 0 Å². The van der Waals surface area contributed by atoms with E-state index < -0.39 is 5.97 Å². The number of aliphatic carboxylic acids is 1. The Morgan fingerprint density at radius 3 is 2.76 bits per heavy atom. The molecule has 1 heterocycles. The zero-order chi connectivity index (χ0) is 12.3. The van der Waals surface area contributed by atoms with Gasteiger partial charge in [0.25, 0.3) is 0 Å². The number of nitrogens with zero attached hydrogens (tertiary/aromatic N) is 1. The van der Waals surface area contributed by atoms with Crippen molar-refractivity contribution in [1.29, 1.82) is 0 Å². The van der Waals surface area contributed by atoms with Gasteiger partial charge in [0.15, 0.2) is 0 Å². The molecule has 1 aliphatic heterocycles. The number of nitrogens with one attached hydrogen (secondary N) is 1. The Balaban J connectivity index is 2.13. The maximum absolute atomic E-state index is 11.1. The Kier molecular flexibility index (Phi) is 3.64. The topological polar surface area (TPSA) is 52.6 Å². The molecule has 0 spiro atoms. The number of aryl methyl sites for hydroxylation is 1. The van der Waals surface area contributed by atoms with Gasteiger partial charge in [-0.2, -0.15) is 0 Å². The highest BCUT2D eigenvalue weighted by Gasteiger charge is 2.23. The zero-order valence-corrected chi connectivity index (χ0v) is 10.0. The molecule has 1 fully saturated rings. The highest BCUT2D eigenvalue weighted by molar-refractivity contribution is 5.71. The molecule has 0 amide bonds. The molecule has 1 aromatic carbocycles. The first kappa shape index (κ1) is 11.9. The molecule has 92 valence electrons. The number of benzene rings is 1. The lowest BCUT2D eigenvalue weighted by Gasteiger charge is -2.24. The van der Waals surface area contributed by atoms with Crippen molar-refractivity contribution >= 4 is 11.7 Å². The third kappa shape index (κ3) is 2.97. The van der Waals surface area contributed by atoms with Crippen LogP contribution in [-0.4, -0.2) is 37.3 Å². The summed E-state index contributed by atoms with van der Waals surface area (Å²) in [5.74, 6) is -1.06. The van der Waals surface area contributed by atoms with Crippen molar-refractivity contribution in [2.45, 2.75) is 6.92 Å². The van der Waals surface area contributed by atoms with Gasteiger partial charge in [-0.3, -0.25) is 4.79 Å². The fourth-order valence-corrected chi connectivity index (χ4v) is 2.07. The van der Waals surface area contributed by atoms with Crippen LogP contribution in [0.25, 0.3) is 0 Å². The van der Waals surface area contributed by atoms with Crippen LogP contribution in [0.1, 0.15) is 5.56 Å². The van der Waals surface area contributed by atoms with Crippen molar-refractivity contribution in [1.82, 2.24) is 5.32 Å². The summed E-state index contributed by atoms with van der Waals surface area (Å²) in [6.45, 7) is 4.86. The minimum absolute atomic E-state index is 0.334. The third-order valence-corrected chi connectivity index (χ3v) is 3.14. The summed E-state index contributed by atoms with van der Waals surface area (Å²) in [4.78, 5) is 13.2. The SMILES string of the molecule is Cc1ccc(N2CCNCC(C(=O)O)C2)cc1. The number of carboxylic acids is 1. The predicted molar refractivity (Wildman–Crippen MR) is 67.4 cm³/mol. The maximum atomic E-state index is 11.1. The molecule has 4 heteroatoms. The molecule has 17 heavy (non-hydrogen) atoms. The van der Waals surface area contributed by atoms with Gasteiger partial charge in [0.2, 0.25) is 0 Å². The van der Waals surface area contributed by atoms with Crippen molar-refractivity contribution in [3.8, 4) is 0 Å². The number of carboxylic acid groups (broad SMARTS) is 1. The van der Waals surface area contributed by atoms with Gasteiger partial charge in [-0.05, 0) is 19.1 Å². The second-order valence-electron chi connectivity index (χ2n) is 4.52. The molecule has 2 rings (SSSR count). The zero-order valence-electron chi connectivity index (χ0n) is 10.0. The summed E-state index contributed by atoms with van der Waals surface area (Å²) in [6.07, 6.45) is 0. The standard InChI is InChI=1S/C13H18N2O2/c1-10-2-4-12(5-3-10)15-7-6-14-8-11(9-15)13(16)17/h2-5,11,14H,6-9H2,1H3,(H,16,17). The monoisotopic (exact) mass is 234 g/mol. The Morgan fingerprint density at radius 1 is 1.41 bits per heavy atom. The summed E-state index contributed by atoms with van der Waals surface area (Å²) in [6, 6.07) is 8.23. The van der Waals surface area contributed by atoms with Gasteiger partial charge < -0.3 is 15.3 Å². The second-order valence-corrected chi connectivity index (χ2v) is 4.52. The van der Waals surface area contributed by atoms with E-state index in [0.717, 1.165) is 18.8 Å². The third-order valence-electron chi connectivity index (χ3n) is 3.14. The van der Waals surface area contributed by atoms with E-state index in [-0.39, 0.29) is 5.92 Å². The second kappa shape index (κ2) is 5.19. The van der Waals surface area contributed by atoms with Crippen molar-refractivity contribution in [2.75, 3.05) is 31.1 Å². The van der Waals surface area contributed by atoms with Crippen LogP contribution in [0.4, 0.5) is 5.69 Å². The number of carbonyl (C=O) groups is 1. The lowest BCUT2D eigenvalue weighted by atomic mass is 10.1. The molecule has 1 aliphatic rings. The van der Waals surface area contributed by atoms with Crippen LogP contribution in [0.2, 0.25) is 0 Å². The highest BCUT2D eigenvalue weighted by Crippen LogP contribution is 2.17. The molecule has 0 aliphatic carbocycles. The molecule has 0 aromatic heterocycles. The van der Waals surface area contributed by atoms with Gasteiger partial charge in [-0.15, -0.1) is 0 Å². The predicted octanol–water partition coefficient (Wildman–Crippen LogP) is 1.11. The molecular formula is C13H18N2O2. The van der Waals surface area contributed by atoms with E-state index in [4.69, 9.17) is 5.11 Å².